The quantitative estimate of drug-likeness (QED) is 0.298. The highest BCUT2D eigenvalue weighted by Crippen LogP contribution is 2.43. The fourth-order valence-corrected chi connectivity index (χ4v) is 5.93. The maximum atomic E-state index is 15.3. The van der Waals surface area contributed by atoms with Crippen molar-refractivity contribution in [3.05, 3.63) is 64.5 Å². The molecule has 2 N–H and O–H groups in total. The third-order valence-corrected chi connectivity index (χ3v) is 7.75. The average molecular weight is 518 g/mol. The lowest BCUT2D eigenvalue weighted by molar-refractivity contribution is 0.223. The Balaban J connectivity index is 1.72. The van der Waals surface area contributed by atoms with Gasteiger partial charge < -0.3 is 10.1 Å². The summed E-state index contributed by atoms with van der Waals surface area (Å²) >= 11 is 5.36. The van der Waals surface area contributed by atoms with Crippen molar-refractivity contribution in [2.75, 3.05) is 11.6 Å². The van der Waals surface area contributed by atoms with Gasteiger partial charge in [0.25, 0.3) is 0 Å². The van der Waals surface area contributed by atoms with Gasteiger partial charge in [0.2, 0.25) is 0 Å². The lowest BCUT2D eigenvalue weighted by Crippen LogP contribution is -2.07. The van der Waals surface area contributed by atoms with Gasteiger partial charge in [0.15, 0.2) is 11.6 Å². The number of hydrogen-bond acceptors (Lipinski definition) is 4. The van der Waals surface area contributed by atoms with E-state index in [1.54, 1.807) is 0 Å². The minimum Gasteiger partial charge on any atom is -0.466 e. The van der Waals surface area contributed by atoms with Crippen molar-refractivity contribution in [3.63, 3.8) is 0 Å². The summed E-state index contributed by atoms with van der Waals surface area (Å²) in [4.78, 5) is 0. The van der Waals surface area contributed by atoms with Gasteiger partial charge in [0, 0.05) is 40.8 Å². The van der Waals surface area contributed by atoms with Crippen LogP contribution in [0.1, 0.15) is 83.0 Å². The number of rotatable bonds is 11. The summed E-state index contributed by atoms with van der Waals surface area (Å²) in [5.41, 5.74) is 3.29. The monoisotopic (exact) mass is 517 g/mol. The Morgan fingerprint density at radius 2 is 2.11 bits per heavy atom. The predicted octanol–water partition coefficient (Wildman–Crippen LogP) is 7.82. The summed E-state index contributed by atoms with van der Waals surface area (Å²) < 4.78 is 21.7. The van der Waals surface area contributed by atoms with Crippen molar-refractivity contribution in [1.29, 1.82) is 0 Å². The molecular weight excluding hydrogens is 477 g/mol. The molecule has 0 amide bonds. The van der Waals surface area contributed by atoms with Crippen molar-refractivity contribution in [3.8, 4) is 0 Å². The molecule has 0 saturated heterocycles. The first-order chi connectivity index (χ1) is 16.8. The van der Waals surface area contributed by atoms with Gasteiger partial charge in [-0.25, -0.2) is 4.39 Å². The van der Waals surface area contributed by atoms with E-state index in [0.717, 1.165) is 60.4 Å². The largest absolute Gasteiger partial charge is 0.466 e. The van der Waals surface area contributed by atoms with E-state index in [4.69, 9.17) is 15.9 Å². The van der Waals surface area contributed by atoms with Crippen molar-refractivity contribution in [2.24, 2.45) is 11.8 Å². The Morgan fingerprint density at radius 1 is 1.34 bits per heavy atom. The lowest BCUT2D eigenvalue weighted by atomic mass is 9.99. The summed E-state index contributed by atoms with van der Waals surface area (Å²) in [6, 6.07) is 5.82. The van der Waals surface area contributed by atoms with Gasteiger partial charge in [0.05, 0.1) is 5.69 Å². The first kappa shape index (κ1) is 27.6. The lowest BCUT2D eigenvalue weighted by Gasteiger charge is -2.20. The van der Waals surface area contributed by atoms with Crippen LogP contribution in [0.4, 0.5) is 15.9 Å². The molecule has 0 aliphatic heterocycles. The summed E-state index contributed by atoms with van der Waals surface area (Å²) in [6.45, 7) is 10.6. The Morgan fingerprint density at radius 3 is 2.74 bits per heavy atom. The van der Waals surface area contributed by atoms with Crippen LogP contribution in [0.3, 0.4) is 0 Å². The normalized spacial score (nSPS) is 19.9. The van der Waals surface area contributed by atoms with Crippen molar-refractivity contribution >= 4 is 32.1 Å². The molecule has 1 aromatic heterocycles. The number of hydrogen-bond donors (Lipinski definition) is 2. The highest BCUT2D eigenvalue weighted by atomic mass is 32.8. The Kier molecular flexibility index (Phi) is 10.1. The van der Waals surface area contributed by atoms with Gasteiger partial charge in [-0.05, 0) is 69.1 Å². The second-order valence-corrected chi connectivity index (χ2v) is 12.8. The van der Waals surface area contributed by atoms with Gasteiger partial charge in [-0.1, -0.05) is 44.9 Å². The zero-order valence-corrected chi connectivity index (χ0v) is 23.5. The number of ether oxygens (including phenoxy) is 1. The predicted molar refractivity (Wildman–Crippen MR) is 150 cm³/mol. The van der Waals surface area contributed by atoms with E-state index in [0.29, 0.717) is 35.0 Å². The molecule has 3 atom stereocenters. The highest BCUT2D eigenvalue weighted by Gasteiger charge is 2.31. The van der Waals surface area contributed by atoms with Gasteiger partial charge in [-0.15, -0.1) is 9.45 Å². The first-order valence-corrected chi connectivity index (χ1v) is 15.5. The first-order valence-electron chi connectivity index (χ1n) is 12.7. The molecule has 3 rings (SSSR count). The van der Waals surface area contributed by atoms with Crippen LogP contribution in [0, 0.1) is 17.7 Å². The fraction of sp³-hybridized carbons (Fsp3) is 0.536. The van der Waals surface area contributed by atoms with E-state index in [1.165, 1.54) is 0 Å². The smallest absolute Gasteiger partial charge is 0.152 e. The standard InChI is InChI=1S/C28H40FN3OS2/c1-7-10-26(33-25(9-3)18(4)5)21-12-11-20(15-21)24-16-27(32-31-24)30-23-14-13-19(8-2)22(28(23)29)17-35(6)34/h9-10,13-14,16,18,20-21H,7-8,11-12,15,17H2,1-6H3,(H2,30,31,32)/b25-9-,26-10+. The SMILES string of the molecule is C/C=C(\O/C(=C/CC)C1CCC(c2cc(Nc3ccc(CC)c(CS(C)=S)c3F)n[nH]2)C1)C(C)C. The molecule has 1 aliphatic carbocycles. The minimum absolute atomic E-state index is 0.213. The molecule has 1 heterocycles. The van der Waals surface area contributed by atoms with Crippen LogP contribution in [-0.4, -0.2) is 16.5 Å². The van der Waals surface area contributed by atoms with E-state index in [-0.39, 0.29) is 15.3 Å². The molecular formula is C28H40FN3OS2. The van der Waals surface area contributed by atoms with E-state index < -0.39 is 0 Å². The van der Waals surface area contributed by atoms with E-state index in [1.807, 2.05) is 38.3 Å². The van der Waals surface area contributed by atoms with E-state index in [2.05, 4.69) is 48.4 Å². The second-order valence-electron chi connectivity index (χ2n) is 9.64. The molecule has 2 aromatic rings. The van der Waals surface area contributed by atoms with Crippen molar-refractivity contribution < 1.29 is 9.13 Å². The number of H-pyrrole nitrogens is 1. The molecule has 0 spiro atoms. The molecule has 1 fully saturated rings. The van der Waals surface area contributed by atoms with Crippen LogP contribution in [0.5, 0.6) is 0 Å². The second kappa shape index (κ2) is 12.8. The number of allylic oxidation sites excluding steroid dienone is 4. The third-order valence-electron chi connectivity index (χ3n) is 6.70. The van der Waals surface area contributed by atoms with Crippen molar-refractivity contribution in [2.45, 2.75) is 78.4 Å². The third kappa shape index (κ3) is 7.04. The van der Waals surface area contributed by atoms with Crippen LogP contribution >= 0.6 is 0 Å². The summed E-state index contributed by atoms with van der Waals surface area (Å²) in [5, 5.41) is 10.8. The number of aromatic amines is 1. The minimum atomic E-state index is -0.282. The number of nitrogens with one attached hydrogen (secondary N) is 2. The van der Waals surface area contributed by atoms with Crippen LogP contribution in [0.2, 0.25) is 0 Å². The maximum absolute atomic E-state index is 15.3. The van der Waals surface area contributed by atoms with Crippen LogP contribution < -0.4 is 5.32 Å². The highest BCUT2D eigenvalue weighted by molar-refractivity contribution is 8.28. The van der Waals surface area contributed by atoms with Crippen LogP contribution in [0.25, 0.3) is 0 Å². The number of nitrogens with zero attached hydrogens (tertiary/aromatic N) is 1. The number of halogens is 1. The molecule has 3 unspecified atom stereocenters. The van der Waals surface area contributed by atoms with Crippen LogP contribution in [0.15, 0.2) is 41.9 Å². The average Bonchev–Trinajstić information content (AvgIpc) is 3.48. The zero-order chi connectivity index (χ0) is 25.5. The molecule has 0 bridgehead atoms. The summed E-state index contributed by atoms with van der Waals surface area (Å²) in [5.74, 6) is 4.27. The molecule has 192 valence electrons. The molecule has 7 heteroatoms. The number of aryl methyl sites for hydroxylation is 1. The van der Waals surface area contributed by atoms with Gasteiger partial charge in [-0.3, -0.25) is 5.10 Å². The molecule has 1 aliphatic rings. The molecule has 35 heavy (non-hydrogen) atoms. The van der Waals surface area contributed by atoms with Crippen LogP contribution in [-0.2, 0) is 37.6 Å². The van der Waals surface area contributed by atoms with Gasteiger partial charge in [-0.2, -0.15) is 5.10 Å². The molecule has 1 saturated carbocycles. The molecule has 1 aromatic carbocycles. The van der Waals surface area contributed by atoms with E-state index >= 15 is 4.39 Å². The summed E-state index contributed by atoms with van der Waals surface area (Å²) in [7, 11) is -0.282. The topological polar surface area (TPSA) is 49.9 Å². The number of anilines is 2. The number of benzene rings is 1. The van der Waals surface area contributed by atoms with Gasteiger partial charge in [0.1, 0.15) is 11.5 Å². The Hall–Kier alpha value is -1.99. The zero-order valence-electron chi connectivity index (χ0n) is 21.9. The molecule has 4 nitrogen and oxygen atoms in total. The maximum Gasteiger partial charge on any atom is 0.152 e. The number of aromatic nitrogens is 2. The Bertz CT molecular complexity index is 1090. The van der Waals surface area contributed by atoms with Crippen molar-refractivity contribution in [1.82, 2.24) is 10.2 Å². The Labute approximate surface area is 217 Å². The molecule has 0 radical (unpaired) electrons. The van der Waals surface area contributed by atoms with E-state index in [9.17, 15) is 0 Å². The summed E-state index contributed by atoms with van der Waals surface area (Å²) in [6.07, 6.45) is 11.2. The fourth-order valence-electron chi connectivity index (χ4n) is 4.86. The van der Waals surface area contributed by atoms with Gasteiger partial charge >= 0.3 is 0 Å².